The standard InChI is InChI=1S/C16H15F4NO3S/c17-12-6-7-14(15(9-12)25(23,24)16(18,19)20)21-10-13(22)8-11-4-2-1-3-5-11/h1-7,9,13,21-22H,8,10H2. The van der Waals surface area contributed by atoms with E-state index in [2.05, 4.69) is 5.32 Å². The van der Waals surface area contributed by atoms with Crippen LogP contribution in [0.4, 0.5) is 23.2 Å². The molecule has 0 aliphatic rings. The van der Waals surface area contributed by atoms with Gasteiger partial charge in [0.15, 0.2) is 0 Å². The molecule has 4 nitrogen and oxygen atoms in total. The quantitative estimate of drug-likeness (QED) is 0.759. The Kier molecular flexibility index (Phi) is 5.69. The Hall–Kier alpha value is -2.13. The van der Waals surface area contributed by atoms with E-state index in [9.17, 15) is 31.1 Å². The van der Waals surface area contributed by atoms with Crippen molar-refractivity contribution in [2.75, 3.05) is 11.9 Å². The largest absolute Gasteiger partial charge is 0.501 e. The molecule has 2 aromatic rings. The Morgan fingerprint density at radius 2 is 1.72 bits per heavy atom. The fourth-order valence-electron chi connectivity index (χ4n) is 2.18. The molecule has 0 amide bonds. The van der Waals surface area contributed by atoms with Crippen LogP contribution in [0.15, 0.2) is 53.4 Å². The zero-order valence-corrected chi connectivity index (χ0v) is 13.6. The maximum atomic E-state index is 13.2. The molecule has 0 heterocycles. The molecule has 0 saturated heterocycles. The van der Waals surface area contributed by atoms with Crippen molar-refractivity contribution in [2.24, 2.45) is 0 Å². The van der Waals surface area contributed by atoms with Gasteiger partial charge < -0.3 is 10.4 Å². The van der Waals surface area contributed by atoms with Gasteiger partial charge in [0, 0.05) is 13.0 Å². The zero-order chi connectivity index (χ0) is 18.7. The molecule has 0 radical (unpaired) electrons. The first-order valence-corrected chi connectivity index (χ1v) is 8.66. The summed E-state index contributed by atoms with van der Waals surface area (Å²) in [6.45, 7) is -0.207. The molecule has 2 rings (SSSR count). The fourth-order valence-corrected chi connectivity index (χ4v) is 3.12. The first-order valence-electron chi connectivity index (χ1n) is 7.18. The molecule has 0 fully saturated rings. The van der Waals surface area contributed by atoms with E-state index in [1.807, 2.05) is 0 Å². The molecule has 1 atom stereocenters. The van der Waals surface area contributed by atoms with Crippen LogP contribution in [-0.4, -0.2) is 31.7 Å². The minimum Gasteiger partial charge on any atom is -0.391 e. The van der Waals surface area contributed by atoms with Crippen LogP contribution in [0.1, 0.15) is 5.56 Å². The normalized spacial score (nSPS) is 13.5. The van der Waals surface area contributed by atoms with Crippen molar-refractivity contribution in [3.05, 3.63) is 59.9 Å². The summed E-state index contributed by atoms with van der Waals surface area (Å²) in [6.07, 6.45) is -0.759. The highest BCUT2D eigenvalue weighted by Crippen LogP contribution is 2.34. The summed E-state index contributed by atoms with van der Waals surface area (Å²) in [7, 11) is -5.72. The topological polar surface area (TPSA) is 66.4 Å². The van der Waals surface area contributed by atoms with Crippen molar-refractivity contribution in [1.82, 2.24) is 0 Å². The minimum atomic E-state index is -5.72. The van der Waals surface area contributed by atoms with Crippen LogP contribution < -0.4 is 5.32 Å². The lowest BCUT2D eigenvalue weighted by molar-refractivity contribution is -0.0435. The van der Waals surface area contributed by atoms with Crippen LogP contribution in [0.3, 0.4) is 0 Å². The molecule has 0 bridgehead atoms. The van der Waals surface area contributed by atoms with Crippen LogP contribution in [-0.2, 0) is 16.3 Å². The molecule has 0 saturated carbocycles. The summed E-state index contributed by atoms with van der Waals surface area (Å²) in [6, 6.07) is 10.9. The Morgan fingerprint density at radius 3 is 2.32 bits per heavy atom. The molecule has 2 aromatic carbocycles. The number of hydrogen-bond acceptors (Lipinski definition) is 4. The lowest BCUT2D eigenvalue weighted by Gasteiger charge is -2.17. The van der Waals surface area contributed by atoms with Crippen LogP contribution >= 0.6 is 0 Å². The van der Waals surface area contributed by atoms with E-state index in [1.54, 1.807) is 30.3 Å². The highest BCUT2D eigenvalue weighted by molar-refractivity contribution is 7.92. The summed E-state index contributed by atoms with van der Waals surface area (Å²) >= 11 is 0. The van der Waals surface area contributed by atoms with E-state index in [0.29, 0.717) is 6.07 Å². The van der Waals surface area contributed by atoms with Crippen LogP contribution in [0, 0.1) is 5.82 Å². The molecule has 9 heteroatoms. The number of anilines is 1. The summed E-state index contributed by atoms with van der Waals surface area (Å²) in [5.74, 6) is -1.11. The number of aliphatic hydroxyl groups excluding tert-OH is 1. The lowest BCUT2D eigenvalue weighted by atomic mass is 10.1. The Balaban J connectivity index is 2.17. The molecule has 0 aliphatic heterocycles. The van der Waals surface area contributed by atoms with Crippen LogP contribution in [0.5, 0.6) is 0 Å². The number of alkyl halides is 3. The molecule has 0 aromatic heterocycles. The molecular weight excluding hydrogens is 362 g/mol. The number of hydrogen-bond donors (Lipinski definition) is 2. The number of rotatable bonds is 6. The number of aliphatic hydroxyl groups is 1. The first-order chi connectivity index (χ1) is 11.6. The highest BCUT2D eigenvalue weighted by Gasteiger charge is 2.48. The smallest absolute Gasteiger partial charge is 0.391 e. The third-order valence-corrected chi connectivity index (χ3v) is 4.91. The van der Waals surface area contributed by atoms with E-state index in [0.717, 1.165) is 17.7 Å². The van der Waals surface area contributed by atoms with Crippen molar-refractivity contribution in [3.8, 4) is 0 Å². The SMILES string of the molecule is O=S(=O)(c1cc(F)ccc1NCC(O)Cc1ccccc1)C(F)(F)F. The Bertz CT molecular complexity index is 823. The van der Waals surface area contributed by atoms with Crippen molar-refractivity contribution in [3.63, 3.8) is 0 Å². The predicted octanol–water partition coefficient (Wildman–Crippen LogP) is 3.13. The summed E-state index contributed by atoms with van der Waals surface area (Å²) in [4.78, 5) is -1.22. The van der Waals surface area contributed by atoms with E-state index < -0.39 is 37.8 Å². The van der Waals surface area contributed by atoms with Gasteiger partial charge in [0.1, 0.15) is 10.7 Å². The van der Waals surface area contributed by atoms with Gasteiger partial charge in [0.2, 0.25) is 0 Å². The van der Waals surface area contributed by atoms with Crippen LogP contribution in [0.25, 0.3) is 0 Å². The van der Waals surface area contributed by atoms with Gasteiger partial charge in [-0.3, -0.25) is 0 Å². The molecular formula is C16H15F4NO3S. The van der Waals surface area contributed by atoms with Gasteiger partial charge in [-0.2, -0.15) is 13.2 Å². The average molecular weight is 377 g/mol. The van der Waals surface area contributed by atoms with Gasteiger partial charge >= 0.3 is 5.51 Å². The summed E-state index contributed by atoms with van der Waals surface area (Å²) in [5.41, 5.74) is -5.18. The predicted molar refractivity (Wildman–Crippen MR) is 84.3 cm³/mol. The van der Waals surface area contributed by atoms with Gasteiger partial charge in [-0.15, -0.1) is 0 Å². The Labute approximate surface area is 142 Å². The fraction of sp³-hybridized carbons (Fsp3) is 0.250. The molecule has 0 spiro atoms. The second-order valence-electron chi connectivity index (χ2n) is 5.31. The lowest BCUT2D eigenvalue weighted by Crippen LogP contribution is -2.26. The number of nitrogens with one attached hydrogen (secondary N) is 1. The minimum absolute atomic E-state index is 0.207. The third-order valence-electron chi connectivity index (χ3n) is 3.38. The third kappa shape index (κ3) is 4.70. The number of halogens is 4. The average Bonchev–Trinajstić information content (AvgIpc) is 2.53. The highest BCUT2D eigenvalue weighted by atomic mass is 32.2. The van der Waals surface area contributed by atoms with Crippen molar-refractivity contribution in [2.45, 2.75) is 22.9 Å². The first kappa shape index (κ1) is 19.2. The second kappa shape index (κ2) is 7.40. The molecule has 0 aliphatic carbocycles. The van der Waals surface area contributed by atoms with Gasteiger partial charge in [-0.05, 0) is 23.8 Å². The maximum Gasteiger partial charge on any atom is 0.501 e. The monoisotopic (exact) mass is 377 g/mol. The van der Waals surface area contributed by atoms with Crippen molar-refractivity contribution < 1.29 is 31.1 Å². The van der Waals surface area contributed by atoms with E-state index >= 15 is 0 Å². The molecule has 136 valence electrons. The second-order valence-corrected chi connectivity index (χ2v) is 7.22. The van der Waals surface area contributed by atoms with Gasteiger partial charge in [0.25, 0.3) is 9.84 Å². The van der Waals surface area contributed by atoms with E-state index in [1.165, 1.54) is 0 Å². The molecule has 25 heavy (non-hydrogen) atoms. The summed E-state index contributed by atoms with van der Waals surface area (Å²) in [5, 5.41) is 12.4. The van der Waals surface area contributed by atoms with E-state index in [-0.39, 0.29) is 13.0 Å². The van der Waals surface area contributed by atoms with Gasteiger partial charge in [0.05, 0.1) is 11.8 Å². The molecule has 2 N–H and O–H groups in total. The van der Waals surface area contributed by atoms with E-state index in [4.69, 9.17) is 0 Å². The van der Waals surface area contributed by atoms with Crippen LogP contribution in [0.2, 0.25) is 0 Å². The summed E-state index contributed by atoms with van der Waals surface area (Å²) < 4.78 is 74.6. The van der Waals surface area contributed by atoms with Crippen molar-refractivity contribution >= 4 is 15.5 Å². The molecule has 1 unspecified atom stereocenters. The number of sulfone groups is 1. The zero-order valence-electron chi connectivity index (χ0n) is 12.8. The van der Waals surface area contributed by atoms with Gasteiger partial charge in [-0.1, -0.05) is 30.3 Å². The van der Waals surface area contributed by atoms with Crippen molar-refractivity contribution in [1.29, 1.82) is 0 Å². The Morgan fingerprint density at radius 1 is 1.08 bits per heavy atom. The maximum absolute atomic E-state index is 13.2. The van der Waals surface area contributed by atoms with Gasteiger partial charge in [-0.25, -0.2) is 12.8 Å². The number of benzene rings is 2.